The molecule has 0 unspecified atom stereocenters. The highest BCUT2D eigenvalue weighted by molar-refractivity contribution is 8.18. The summed E-state index contributed by atoms with van der Waals surface area (Å²) in [4.78, 5) is 37.9. The molecule has 172 valence electrons. The van der Waals surface area contributed by atoms with E-state index in [0.717, 1.165) is 30.4 Å². The third-order valence-electron chi connectivity index (χ3n) is 4.98. The van der Waals surface area contributed by atoms with Crippen LogP contribution >= 0.6 is 11.8 Å². The molecule has 0 aromatic carbocycles. The van der Waals surface area contributed by atoms with Crippen LogP contribution in [0.3, 0.4) is 0 Å². The van der Waals surface area contributed by atoms with Crippen molar-refractivity contribution in [2.75, 3.05) is 24.5 Å². The van der Waals surface area contributed by atoms with Crippen LogP contribution < -0.4 is 15.5 Å². The summed E-state index contributed by atoms with van der Waals surface area (Å²) in [6.45, 7) is 2.26. The summed E-state index contributed by atoms with van der Waals surface area (Å²) in [6, 6.07) is 4.06. The van der Waals surface area contributed by atoms with E-state index >= 15 is 0 Å². The number of pyridine rings is 1. The molecule has 33 heavy (non-hydrogen) atoms. The topological polar surface area (TPSA) is 100 Å². The van der Waals surface area contributed by atoms with E-state index in [-0.39, 0.29) is 0 Å². The highest BCUT2D eigenvalue weighted by Gasteiger charge is 2.30. The predicted molar refractivity (Wildman–Crippen MR) is 117 cm³/mol. The molecule has 0 saturated carbocycles. The maximum Gasteiger partial charge on any atom is 0.417 e. The van der Waals surface area contributed by atoms with Gasteiger partial charge in [0, 0.05) is 38.6 Å². The van der Waals surface area contributed by atoms with E-state index in [9.17, 15) is 22.8 Å². The van der Waals surface area contributed by atoms with Crippen LogP contribution in [-0.4, -0.2) is 45.7 Å². The zero-order chi connectivity index (χ0) is 23.4. The number of rotatable bonds is 6. The Morgan fingerprint density at radius 2 is 2.03 bits per heavy atom. The first-order valence-corrected chi connectivity index (χ1v) is 10.8. The number of thioether (sulfide) groups is 1. The number of halogens is 3. The normalized spacial score (nSPS) is 18.0. The van der Waals surface area contributed by atoms with E-state index in [2.05, 4.69) is 31.7 Å². The van der Waals surface area contributed by atoms with Crippen LogP contribution in [0.5, 0.6) is 0 Å². The minimum Gasteiger partial charge on any atom is -0.337 e. The van der Waals surface area contributed by atoms with Crippen LogP contribution in [0.25, 0.3) is 6.08 Å². The van der Waals surface area contributed by atoms with E-state index in [1.165, 1.54) is 11.6 Å². The highest BCUT2D eigenvalue weighted by atomic mass is 32.2. The lowest BCUT2D eigenvalue weighted by Gasteiger charge is -2.26. The molecule has 4 rings (SSSR count). The van der Waals surface area contributed by atoms with Gasteiger partial charge in [0.15, 0.2) is 0 Å². The first-order valence-electron chi connectivity index (χ1n) is 10.0. The number of imide groups is 1. The van der Waals surface area contributed by atoms with Crippen LogP contribution in [0, 0.1) is 0 Å². The van der Waals surface area contributed by atoms with Crippen LogP contribution in [0.1, 0.15) is 23.4 Å². The zero-order valence-corrected chi connectivity index (χ0v) is 18.0. The number of alkyl halides is 3. The highest BCUT2D eigenvalue weighted by Crippen LogP contribution is 2.28. The summed E-state index contributed by atoms with van der Waals surface area (Å²) >= 11 is 0.834. The summed E-state index contributed by atoms with van der Waals surface area (Å²) in [6.07, 6.45) is 2.45. The van der Waals surface area contributed by atoms with Crippen molar-refractivity contribution in [2.45, 2.75) is 19.1 Å². The van der Waals surface area contributed by atoms with Crippen molar-refractivity contribution in [1.29, 1.82) is 0 Å². The molecular formula is C21H19F3N6O2S. The van der Waals surface area contributed by atoms with Gasteiger partial charge in [0.1, 0.15) is 0 Å². The molecular weight excluding hydrogens is 457 g/mol. The van der Waals surface area contributed by atoms with Crippen LogP contribution in [0.15, 0.2) is 47.1 Å². The van der Waals surface area contributed by atoms with Gasteiger partial charge in [0.25, 0.3) is 11.1 Å². The summed E-state index contributed by atoms with van der Waals surface area (Å²) < 4.78 is 37.8. The van der Waals surface area contributed by atoms with Crippen molar-refractivity contribution < 1.29 is 22.8 Å². The summed E-state index contributed by atoms with van der Waals surface area (Å²) in [5.41, 5.74) is 1.49. The van der Waals surface area contributed by atoms with Crippen LogP contribution in [0.4, 0.5) is 23.9 Å². The summed E-state index contributed by atoms with van der Waals surface area (Å²) in [5.74, 6) is 0.0889. The quantitative estimate of drug-likeness (QED) is 0.485. The molecule has 2 aromatic rings. The Morgan fingerprint density at radius 1 is 1.18 bits per heavy atom. The Hall–Kier alpha value is -3.25. The molecule has 0 atom stereocenters. The lowest BCUT2D eigenvalue weighted by Crippen LogP contribution is -2.32. The second-order valence-electron chi connectivity index (χ2n) is 7.33. The average molecular weight is 476 g/mol. The molecule has 8 nitrogen and oxygen atoms in total. The van der Waals surface area contributed by atoms with Gasteiger partial charge in [-0.2, -0.15) is 13.2 Å². The van der Waals surface area contributed by atoms with Gasteiger partial charge in [-0.05, 0) is 42.5 Å². The molecule has 1 saturated heterocycles. The van der Waals surface area contributed by atoms with Gasteiger partial charge in [-0.3, -0.25) is 19.9 Å². The van der Waals surface area contributed by atoms with Crippen molar-refractivity contribution in [3.63, 3.8) is 0 Å². The van der Waals surface area contributed by atoms with Gasteiger partial charge < -0.3 is 10.2 Å². The number of hydrogen-bond donors (Lipinski definition) is 2. The monoisotopic (exact) mass is 476 g/mol. The van der Waals surface area contributed by atoms with E-state index in [0.29, 0.717) is 48.4 Å². The standard InChI is InChI=1S/C21H19F3N6O2S/c22-21(23,24)14-1-2-16(27-11-14)12-25-10-13-4-7-30(8-5-13)19-26-6-3-15(28-19)9-17-18(31)29-20(32)33-17/h1-4,6,9,11,25H,5,7-8,10,12H2,(H,29,31,32)/b17-9-. The average Bonchev–Trinajstić information content (AvgIpc) is 3.10. The molecule has 12 heteroatoms. The number of hydrogen-bond acceptors (Lipinski definition) is 8. The number of anilines is 1. The second-order valence-corrected chi connectivity index (χ2v) is 8.35. The smallest absolute Gasteiger partial charge is 0.337 e. The van der Waals surface area contributed by atoms with Crippen molar-refractivity contribution in [2.24, 2.45) is 0 Å². The summed E-state index contributed by atoms with van der Waals surface area (Å²) in [7, 11) is 0. The molecule has 2 N–H and O–H groups in total. The Labute approximate surface area is 191 Å². The molecule has 2 aliphatic rings. The molecule has 2 aliphatic heterocycles. The lowest BCUT2D eigenvalue weighted by molar-refractivity contribution is -0.137. The molecule has 2 amide bonds. The Kier molecular flexibility index (Phi) is 6.75. The van der Waals surface area contributed by atoms with Crippen molar-refractivity contribution in [1.82, 2.24) is 25.6 Å². The first-order chi connectivity index (χ1) is 15.8. The molecule has 0 aliphatic carbocycles. The van der Waals surface area contributed by atoms with Crippen LogP contribution in [0.2, 0.25) is 0 Å². The maximum atomic E-state index is 12.6. The first kappa shape index (κ1) is 22.9. The van der Waals surface area contributed by atoms with Gasteiger partial charge in [-0.25, -0.2) is 9.97 Å². The van der Waals surface area contributed by atoms with Gasteiger partial charge in [-0.1, -0.05) is 11.6 Å². The minimum atomic E-state index is -4.39. The van der Waals surface area contributed by atoms with Crippen LogP contribution in [-0.2, 0) is 17.5 Å². The molecule has 2 aromatic heterocycles. The molecule has 0 bridgehead atoms. The molecule has 4 heterocycles. The largest absolute Gasteiger partial charge is 0.417 e. The van der Waals surface area contributed by atoms with E-state index in [1.54, 1.807) is 18.3 Å². The number of carbonyl (C=O) groups excluding carboxylic acids is 2. The minimum absolute atomic E-state index is 0.291. The number of nitrogens with zero attached hydrogens (tertiary/aromatic N) is 4. The third-order valence-corrected chi connectivity index (χ3v) is 5.79. The molecule has 0 radical (unpaired) electrons. The Morgan fingerprint density at radius 3 is 2.67 bits per heavy atom. The van der Waals surface area contributed by atoms with E-state index in [4.69, 9.17) is 0 Å². The number of nitrogens with one attached hydrogen (secondary N) is 2. The summed E-state index contributed by atoms with van der Waals surface area (Å²) in [5, 5.41) is 5.00. The fourth-order valence-electron chi connectivity index (χ4n) is 3.25. The Bertz CT molecular complexity index is 1120. The van der Waals surface area contributed by atoms with Crippen molar-refractivity contribution in [3.05, 3.63) is 64.1 Å². The predicted octanol–water partition coefficient (Wildman–Crippen LogP) is 3.14. The fraction of sp³-hybridized carbons (Fsp3) is 0.286. The number of aromatic nitrogens is 3. The SMILES string of the molecule is O=C1NC(=O)/C(=C/c2ccnc(N3CC=C(CNCc4ccc(C(F)(F)F)cn4)CC3)n2)S1. The van der Waals surface area contributed by atoms with E-state index < -0.39 is 22.9 Å². The van der Waals surface area contributed by atoms with Crippen molar-refractivity contribution >= 4 is 34.9 Å². The fourth-order valence-corrected chi connectivity index (χ4v) is 3.92. The lowest BCUT2D eigenvalue weighted by atomic mass is 10.1. The molecule has 0 spiro atoms. The van der Waals surface area contributed by atoms with Gasteiger partial charge in [-0.15, -0.1) is 0 Å². The zero-order valence-electron chi connectivity index (χ0n) is 17.2. The number of amides is 2. The van der Waals surface area contributed by atoms with E-state index in [1.807, 2.05) is 4.90 Å². The van der Waals surface area contributed by atoms with Gasteiger partial charge in [0.2, 0.25) is 5.95 Å². The maximum absolute atomic E-state index is 12.6. The number of carbonyl (C=O) groups is 2. The Balaban J connectivity index is 1.30. The van der Waals surface area contributed by atoms with Gasteiger partial charge in [0.05, 0.1) is 21.9 Å². The molecule has 1 fully saturated rings. The second kappa shape index (κ2) is 9.71. The third kappa shape index (κ3) is 5.96. The van der Waals surface area contributed by atoms with Crippen molar-refractivity contribution in [3.8, 4) is 0 Å². The van der Waals surface area contributed by atoms with Gasteiger partial charge >= 0.3 is 6.18 Å².